The Morgan fingerprint density at radius 2 is 2.00 bits per heavy atom. The van der Waals surface area contributed by atoms with Crippen LogP contribution in [0.4, 0.5) is 0 Å². The molecule has 0 bridgehead atoms. The van der Waals surface area contributed by atoms with Crippen LogP contribution >= 0.6 is 11.3 Å². The van der Waals surface area contributed by atoms with Crippen molar-refractivity contribution in [2.24, 2.45) is 0 Å². The normalized spacial score (nSPS) is 11.1. The van der Waals surface area contributed by atoms with Crippen LogP contribution in [-0.2, 0) is 12.8 Å². The van der Waals surface area contributed by atoms with Gasteiger partial charge < -0.3 is 9.47 Å². The molecule has 0 saturated carbocycles. The average Bonchev–Trinajstić information content (AvgIpc) is 3.37. The maximum absolute atomic E-state index is 12.5. The zero-order chi connectivity index (χ0) is 19.5. The van der Waals surface area contributed by atoms with Crippen molar-refractivity contribution in [1.29, 1.82) is 0 Å². The van der Waals surface area contributed by atoms with Crippen LogP contribution in [-0.4, -0.2) is 28.8 Å². The molecule has 144 valence electrons. The zero-order valence-corrected chi connectivity index (χ0v) is 16.6. The van der Waals surface area contributed by atoms with Gasteiger partial charge >= 0.3 is 0 Å². The molecule has 3 heterocycles. The summed E-state index contributed by atoms with van der Waals surface area (Å²) in [6.45, 7) is 0. The number of aryl methyl sites for hydroxylation is 2. The molecule has 0 atom stereocenters. The van der Waals surface area contributed by atoms with E-state index in [1.54, 1.807) is 31.6 Å². The second kappa shape index (κ2) is 7.90. The molecule has 0 aliphatic heterocycles. The molecular weight excluding hydrogens is 374 g/mol. The Kier molecular flexibility index (Phi) is 5.16. The first-order valence-electron chi connectivity index (χ1n) is 9.04. The Morgan fingerprint density at radius 3 is 2.75 bits per heavy atom. The lowest BCUT2D eigenvalue weighted by Gasteiger charge is -2.08. The minimum absolute atomic E-state index is 0.116. The van der Waals surface area contributed by atoms with E-state index in [2.05, 4.69) is 27.6 Å². The molecule has 0 spiro atoms. The van der Waals surface area contributed by atoms with Crippen LogP contribution in [0.5, 0.6) is 11.5 Å². The van der Waals surface area contributed by atoms with Crippen molar-refractivity contribution in [2.45, 2.75) is 19.3 Å². The van der Waals surface area contributed by atoms with Gasteiger partial charge in [-0.05, 0) is 42.8 Å². The standard InChI is InChI=1S/C21H21N3O3S/c1-26-15-8-9-17(19(12-15)27-2)18-13-20-22-14(11-21(25)24(20)23-18)5-3-6-16-7-4-10-28-16/h4,7-13,23H,3,5-6H2,1-2H3. The monoisotopic (exact) mass is 395 g/mol. The lowest BCUT2D eigenvalue weighted by molar-refractivity contribution is 0.395. The van der Waals surface area contributed by atoms with E-state index in [9.17, 15) is 4.79 Å². The Morgan fingerprint density at radius 1 is 1.11 bits per heavy atom. The van der Waals surface area contributed by atoms with E-state index in [1.165, 1.54) is 9.39 Å². The number of aromatic nitrogens is 3. The van der Waals surface area contributed by atoms with Gasteiger partial charge in [-0.25, -0.2) is 9.50 Å². The topological polar surface area (TPSA) is 68.6 Å². The second-order valence-corrected chi connectivity index (χ2v) is 7.48. The number of hydrogen-bond donors (Lipinski definition) is 1. The lowest BCUT2D eigenvalue weighted by Crippen LogP contribution is -2.15. The summed E-state index contributed by atoms with van der Waals surface area (Å²) in [6.07, 6.45) is 2.74. The third-order valence-electron chi connectivity index (χ3n) is 4.64. The van der Waals surface area contributed by atoms with Gasteiger partial charge in [0.05, 0.1) is 19.9 Å². The van der Waals surface area contributed by atoms with Gasteiger partial charge in [-0.3, -0.25) is 9.89 Å². The third kappa shape index (κ3) is 3.66. The van der Waals surface area contributed by atoms with Gasteiger partial charge in [0.25, 0.3) is 5.56 Å². The largest absolute Gasteiger partial charge is 0.497 e. The van der Waals surface area contributed by atoms with E-state index in [1.807, 2.05) is 24.3 Å². The maximum atomic E-state index is 12.5. The highest BCUT2D eigenvalue weighted by Gasteiger charge is 2.12. The molecule has 1 aromatic carbocycles. The van der Waals surface area contributed by atoms with E-state index in [-0.39, 0.29) is 5.56 Å². The van der Waals surface area contributed by atoms with Gasteiger partial charge in [0, 0.05) is 34.3 Å². The molecule has 4 aromatic rings. The van der Waals surface area contributed by atoms with Crippen molar-refractivity contribution in [3.8, 4) is 22.8 Å². The first-order valence-corrected chi connectivity index (χ1v) is 9.92. The van der Waals surface area contributed by atoms with Crippen LogP contribution in [0.2, 0.25) is 0 Å². The van der Waals surface area contributed by atoms with Crippen molar-refractivity contribution in [3.05, 3.63) is 68.8 Å². The van der Waals surface area contributed by atoms with Crippen LogP contribution in [0.25, 0.3) is 16.9 Å². The molecule has 0 fully saturated rings. The highest BCUT2D eigenvalue weighted by Crippen LogP contribution is 2.32. The van der Waals surface area contributed by atoms with E-state index in [4.69, 9.17) is 9.47 Å². The number of rotatable bonds is 7. The fourth-order valence-corrected chi connectivity index (χ4v) is 3.98. The summed E-state index contributed by atoms with van der Waals surface area (Å²) in [6, 6.07) is 13.2. The predicted molar refractivity (Wildman–Crippen MR) is 111 cm³/mol. The van der Waals surface area contributed by atoms with Crippen LogP contribution < -0.4 is 15.0 Å². The first kappa shape index (κ1) is 18.3. The Hall–Kier alpha value is -3.06. The number of H-pyrrole nitrogens is 1. The van der Waals surface area contributed by atoms with Gasteiger partial charge in [-0.2, -0.15) is 0 Å². The molecule has 7 heteroatoms. The number of fused-ring (bicyclic) bond motifs is 1. The fourth-order valence-electron chi connectivity index (χ4n) is 3.23. The summed E-state index contributed by atoms with van der Waals surface area (Å²) in [5, 5.41) is 5.20. The number of thiophene rings is 1. The van der Waals surface area contributed by atoms with Crippen LogP contribution in [0, 0.1) is 0 Å². The first-order chi connectivity index (χ1) is 13.7. The number of aromatic amines is 1. The van der Waals surface area contributed by atoms with Crippen LogP contribution in [0.3, 0.4) is 0 Å². The van der Waals surface area contributed by atoms with Gasteiger partial charge in [0.15, 0.2) is 5.65 Å². The molecule has 3 aromatic heterocycles. The van der Waals surface area contributed by atoms with Gasteiger partial charge in [-0.1, -0.05) is 6.07 Å². The number of hydrogen-bond acceptors (Lipinski definition) is 5. The molecule has 28 heavy (non-hydrogen) atoms. The Bertz CT molecular complexity index is 1150. The molecule has 0 aliphatic rings. The SMILES string of the molecule is COc1ccc(-c2cc3nc(CCCc4cccs4)cc(=O)n3[nH]2)c(OC)c1. The van der Waals surface area contributed by atoms with Crippen molar-refractivity contribution in [3.63, 3.8) is 0 Å². The summed E-state index contributed by atoms with van der Waals surface area (Å²) in [5.74, 6) is 1.37. The average molecular weight is 395 g/mol. The highest BCUT2D eigenvalue weighted by atomic mass is 32.1. The number of methoxy groups -OCH3 is 2. The van der Waals surface area contributed by atoms with Crippen molar-refractivity contribution in [1.82, 2.24) is 14.6 Å². The summed E-state index contributed by atoms with van der Waals surface area (Å²) in [5.41, 5.74) is 2.91. The zero-order valence-electron chi connectivity index (χ0n) is 15.8. The van der Waals surface area contributed by atoms with Gasteiger partial charge in [0.1, 0.15) is 11.5 Å². The van der Waals surface area contributed by atoms with Crippen molar-refractivity contribution < 1.29 is 9.47 Å². The quantitative estimate of drug-likeness (QED) is 0.515. The van der Waals surface area contributed by atoms with Crippen LogP contribution in [0.15, 0.2) is 52.6 Å². The van der Waals surface area contributed by atoms with E-state index in [0.717, 1.165) is 36.2 Å². The highest BCUT2D eigenvalue weighted by molar-refractivity contribution is 7.09. The Balaban J connectivity index is 1.62. The number of nitrogens with one attached hydrogen (secondary N) is 1. The molecule has 6 nitrogen and oxygen atoms in total. The molecular formula is C21H21N3O3S. The van der Waals surface area contributed by atoms with Crippen LogP contribution in [0.1, 0.15) is 17.0 Å². The maximum Gasteiger partial charge on any atom is 0.272 e. The molecule has 0 aliphatic carbocycles. The smallest absolute Gasteiger partial charge is 0.272 e. The molecule has 0 amide bonds. The summed E-state index contributed by atoms with van der Waals surface area (Å²) < 4.78 is 12.2. The predicted octanol–water partition coefficient (Wildman–Crippen LogP) is 3.94. The van der Waals surface area contributed by atoms with Gasteiger partial charge in [0.2, 0.25) is 0 Å². The second-order valence-electron chi connectivity index (χ2n) is 6.45. The third-order valence-corrected chi connectivity index (χ3v) is 5.57. The minimum Gasteiger partial charge on any atom is -0.497 e. The Labute approximate surface area is 166 Å². The summed E-state index contributed by atoms with van der Waals surface area (Å²) >= 11 is 1.76. The molecule has 4 rings (SSSR count). The fraction of sp³-hybridized carbons (Fsp3) is 0.238. The lowest BCUT2D eigenvalue weighted by atomic mass is 10.1. The van der Waals surface area contributed by atoms with Crippen molar-refractivity contribution >= 4 is 17.0 Å². The number of nitrogens with zero attached hydrogens (tertiary/aromatic N) is 2. The van der Waals surface area contributed by atoms with E-state index in [0.29, 0.717) is 17.1 Å². The number of benzene rings is 1. The number of ether oxygens (including phenoxy) is 2. The van der Waals surface area contributed by atoms with Gasteiger partial charge in [-0.15, -0.1) is 11.3 Å². The molecule has 0 unspecified atom stereocenters. The molecule has 0 radical (unpaired) electrons. The molecule has 0 saturated heterocycles. The summed E-state index contributed by atoms with van der Waals surface area (Å²) in [4.78, 5) is 18.5. The van der Waals surface area contributed by atoms with E-state index >= 15 is 0 Å². The molecule has 1 N–H and O–H groups in total. The van der Waals surface area contributed by atoms with Crippen molar-refractivity contribution in [2.75, 3.05) is 14.2 Å². The van der Waals surface area contributed by atoms with E-state index < -0.39 is 0 Å². The minimum atomic E-state index is -0.116. The summed E-state index contributed by atoms with van der Waals surface area (Å²) in [7, 11) is 3.22.